The molecule has 0 saturated carbocycles. The molecule has 0 saturated heterocycles. The molecule has 3 N–H and O–H groups in total. The van der Waals surface area contributed by atoms with Gasteiger partial charge in [0.1, 0.15) is 5.82 Å². The van der Waals surface area contributed by atoms with E-state index in [4.69, 9.17) is 0 Å². The largest absolute Gasteiger partial charge is 0.396 e. The predicted molar refractivity (Wildman–Crippen MR) is 122 cm³/mol. The third kappa shape index (κ3) is 5.47. The molecule has 166 valence electrons. The van der Waals surface area contributed by atoms with Crippen LogP contribution in [0.1, 0.15) is 30.6 Å². The molecule has 3 rings (SSSR count). The fourth-order valence-corrected chi connectivity index (χ4v) is 3.44. The topological polar surface area (TPSA) is 115 Å². The van der Waals surface area contributed by atoms with Crippen molar-refractivity contribution in [3.8, 4) is 11.4 Å². The molecule has 0 fully saturated rings. The first-order valence-electron chi connectivity index (χ1n) is 10.4. The zero-order valence-corrected chi connectivity index (χ0v) is 18.0. The molecule has 2 amide bonds. The summed E-state index contributed by atoms with van der Waals surface area (Å²) in [7, 11) is 1.54. The number of carbonyl (C=O) groups excluding carboxylic acids is 2. The highest BCUT2D eigenvalue weighted by atomic mass is 16.3. The Labute approximate surface area is 185 Å². The van der Waals surface area contributed by atoms with Gasteiger partial charge >= 0.3 is 11.8 Å². The summed E-state index contributed by atoms with van der Waals surface area (Å²) < 4.78 is 0. The van der Waals surface area contributed by atoms with Gasteiger partial charge in [-0.1, -0.05) is 49.4 Å². The Morgan fingerprint density at radius 3 is 2.56 bits per heavy atom. The van der Waals surface area contributed by atoms with Crippen LogP contribution in [-0.2, 0) is 16.0 Å². The highest BCUT2D eigenvalue weighted by Crippen LogP contribution is 2.24. The number of aliphatic hydroxyl groups excluding tert-OH is 1. The fraction of sp³-hybridized carbons (Fsp3) is 0.250. The number of amides is 2. The molecule has 32 heavy (non-hydrogen) atoms. The molecule has 1 heterocycles. The number of carbonyl (C=O) groups is 2. The van der Waals surface area contributed by atoms with E-state index in [0.717, 1.165) is 5.56 Å². The summed E-state index contributed by atoms with van der Waals surface area (Å²) >= 11 is 0. The van der Waals surface area contributed by atoms with E-state index < -0.39 is 17.9 Å². The number of aryl methyl sites for hydroxylation is 1. The smallest absolute Gasteiger partial charge is 0.313 e. The summed E-state index contributed by atoms with van der Waals surface area (Å²) in [6.45, 7) is 1.78. The monoisotopic (exact) mass is 434 g/mol. The summed E-state index contributed by atoms with van der Waals surface area (Å²) in [6.07, 6.45) is 0.923. The molecular formula is C24H26N4O4. The molecule has 1 atom stereocenters. The number of aromatic amines is 1. The number of rotatable bonds is 7. The minimum atomic E-state index is -0.799. The second-order valence-electron chi connectivity index (χ2n) is 7.33. The Morgan fingerprint density at radius 1 is 1.12 bits per heavy atom. The third-order valence-electron chi connectivity index (χ3n) is 5.12. The molecule has 0 aliphatic rings. The third-order valence-corrected chi connectivity index (χ3v) is 5.12. The molecule has 8 nitrogen and oxygen atoms in total. The van der Waals surface area contributed by atoms with E-state index in [2.05, 4.69) is 15.3 Å². The number of H-pyrrole nitrogens is 1. The van der Waals surface area contributed by atoms with E-state index in [1.165, 1.54) is 18.0 Å². The fourth-order valence-electron chi connectivity index (χ4n) is 3.44. The van der Waals surface area contributed by atoms with Crippen LogP contribution in [0.25, 0.3) is 11.4 Å². The molecule has 0 spiro atoms. The highest BCUT2D eigenvalue weighted by molar-refractivity contribution is 6.39. The maximum atomic E-state index is 12.8. The van der Waals surface area contributed by atoms with Crippen molar-refractivity contribution in [2.75, 3.05) is 19.0 Å². The van der Waals surface area contributed by atoms with E-state index >= 15 is 0 Å². The Bertz CT molecular complexity index is 1140. The zero-order valence-electron chi connectivity index (χ0n) is 18.0. The first-order chi connectivity index (χ1) is 15.4. The number of benzene rings is 2. The maximum Gasteiger partial charge on any atom is 0.313 e. The van der Waals surface area contributed by atoms with Gasteiger partial charge in [0.2, 0.25) is 0 Å². The lowest BCUT2D eigenvalue weighted by Gasteiger charge is -2.27. The average molecular weight is 434 g/mol. The van der Waals surface area contributed by atoms with Crippen molar-refractivity contribution in [1.29, 1.82) is 0 Å². The number of aliphatic hydroxyl groups is 1. The van der Waals surface area contributed by atoms with Crippen molar-refractivity contribution in [1.82, 2.24) is 14.9 Å². The Balaban J connectivity index is 1.78. The minimum Gasteiger partial charge on any atom is -0.396 e. The summed E-state index contributed by atoms with van der Waals surface area (Å²) in [6, 6.07) is 17.0. The molecule has 1 unspecified atom stereocenters. The van der Waals surface area contributed by atoms with Gasteiger partial charge in [-0.15, -0.1) is 0 Å². The van der Waals surface area contributed by atoms with Gasteiger partial charge in [-0.2, -0.15) is 0 Å². The predicted octanol–water partition coefficient (Wildman–Crippen LogP) is 2.52. The van der Waals surface area contributed by atoms with E-state index in [-0.39, 0.29) is 12.2 Å². The van der Waals surface area contributed by atoms with Gasteiger partial charge in [0.25, 0.3) is 5.56 Å². The van der Waals surface area contributed by atoms with Crippen LogP contribution in [-0.4, -0.2) is 45.4 Å². The van der Waals surface area contributed by atoms with Crippen LogP contribution in [0.15, 0.2) is 65.5 Å². The van der Waals surface area contributed by atoms with Crippen molar-refractivity contribution >= 4 is 17.5 Å². The van der Waals surface area contributed by atoms with Crippen LogP contribution in [0.2, 0.25) is 0 Å². The van der Waals surface area contributed by atoms with Crippen molar-refractivity contribution in [2.45, 2.75) is 25.8 Å². The van der Waals surface area contributed by atoms with Gasteiger partial charge in [0.05, 0.1) is 6.04 Å². The molecule has 0 bridgehead atoms. The summed E-state index contributed by atoms with van der Waals surface area (Å²) in [5.74, 6) is -1.13. The number of nitrogens with zero attached hydrogens (tertiary/aromatic N) is 2. The van der Waals surface area contributed by atoms with E-state index in [1.54, 1.807) is 24.3 Å². The van der Waals surface area contributed by atoms with Gasteiger partial charge in [0, 0.05) is 36.7 Å². The molecule has 3 aromatic rings. The van der Waals surface area contributed by atoms with Crippen molar-refractivity contribution in [3.05, 3.63) is 82.3 Å². The van der Waals surface area contributed by atoms with Crippen molar-refractivity contribution < 1.29 is 14.7 Å². The van der Waals surface area contributed by atoms with Crippen molar-refractivity contribution in [3.63, 3.8) is 0 Å². The van der Waals surface area contributed by atoms with Crippen molar-refractivity contribution in [2.24, 2.45) is 0 Å². The molecule has 0 aliphatic carbocycles. The quantitative estimate of drug-likeness (QED) is 0.494. The first-order valence-corrected chi connectivity index (χ1v) is 10.4. The van der Waals surface area contributed by atoms with Crippen LogP contribution in [0.4, 0.5) is 5.69 Å². The molecule has 0 radical (unpaired) electrons. The Hall–Kier alpha value is -3.78. The minimum absolute atomic E-state index is 0.122. The second kappa shape index (κ2) is 10.5. The van der Waals surface area contributed by atoms with Gasteiger partial charge in [-0.25, -0.2) is 4.98 Å². The van der Waals surface area contributed by atoms with Gasteiger partial charge in [0.15, 0.2) is 0 Å². The van der Waals surface area contributed by atoms with Crippen LogP contribution >= 0.6 is 0 Å². The lowest BCUT2D eigenvalue weighted by Crippen LogP contribution is -2.39. The van der Waals surface area contributed by atoms with Gasteiger partial charge in [-0.05, 0) is 30.5 Å². The Kier molecular flexibility index (Phi) is 7.51. The molecular weight excluding hydrogens is 408 g/mol. The number of likely N-dealkylation sites (N-methyl/N-ethyl adjacent to an activating group) is 1. The zero-order chi connectivity index (χ0) is 23.1. The van der Waals surface area contributed by atoms with E-state index in [0.29, 0.717) is 35.6 Å². The molecule has 2 aromatic carbocycles. The SMILES string of the molecule is CCc1cc(=O)[nH]c(-c2cccc(NC(=O)C(=O)N(C)C(CCO)c3ccccc3)c2)n1. The number of anilines is 1. The summed E-state index contributed by atoms with van der Waals surface area (Å²) in [4.78, 5) is 45.8. The maximum absolute atomic E-state index is 12.8. The van der Waals surface area contributed by atoms with Crippen LogP contribution < -0.4 is 10.9 Å². The normalized spacial score (nSPS) is 11.6. The average Bonchev–Trinajstić information content (AvgIpc) is 2.81. The van der Waals surface area contributed by atoms with Gasteiger partial charge < -0.3 is 20.3 Å². The lowest BCUT2D eigenvalue weighted by molar-refractivity contribution is -0.144. The van der Waals surface area contributed by atoms with Crippen LogP contribution in [0, 0.1) is 0 Å². The standard InChI is InChI=1S/C24H26N4O4/c1-3-18-15-21(30)27-22(25-18)17-10-7-11-19(14-17)26-23(31)24(32)28(2)20(12-13-29)16-8-5-4-6-9-16/h4-11,14-15,20,29H,3,12-13H2,1-2H3,(H,26,31)(H,25,27,30). The number of nitrogens with one attached hydrogen (secondary N) is 2. The Morgan fingerprint density at radius 2 is 1.88 bits per heavy atom. The molecule has 0 aliphatic heterocycles. The lowest BCUT2D eigenvalue weighted by atomic mass is 10.0. The highest BCUT2D eigenvalue weighted by Gasteiger charge is 2.26. The number of hydrogen-bond donors (Lipinski definition) is 3. The number of hydrogen-bond acceptors (Lipinski definition) is 5. The molecule has 1 aromatic heterocycles. The van der Waals surface area contributed by atoms with E-state index in [1.807, 2.05) is 37.3 Å². The second-order valence-corrected chi connectivity index (χ2v) is 7.33. The summed E-state index contributed by atoms with van der Waals surface area (Å²) in [5.41, 5.74) is 2.24. The van der Waals surface area contributed by atoms with Crippen LogP contribution in [0.3, 0.4) is 0 Å². The number of aromatic nitrogens is 2. The van der Waals surface area contributed by atoms with Crippen LogP contribution in [0.5, 0.6) is 0 Å². The molecule has 8 heteroatoms. The van der Waals surface area contributed by atoms with E-state index in [9.17, 15) is 19.5 Å². The van der Waals surface area contributed by atoms with Gasteiger partial charge in [-0.3, -0.25) is 14.4 Å². The first kappa shape index (κ1) is 22.9. The summed E-state index contributed by atoms with van der Waals surface area (Å²) in [5, 5.41) is 12.0.